The van der Waals surface area contributed by atoms with Crippen LogP contribution in [0.25, 0.3) is 0 Å². The Kier molecular flexibility index (Phi) is 7.84. The van der Waals surface area contributed by atoms with Crippen molar-refractivity contribution >= 4 is 11.8 Å². The summed E-state index contributed by atoms with van der Waals surface area (Å²) in [6.45, 7) is 6.78. The zero-order valence-corrected chi connectivity index (χ0v) is 14.6. The molecule has 0 unspecified atom stereocenters. The highest BCUT2D eigenvalue weighted by atomic mass is 32.2. The second-order valence-corrected chi connectivity index (χ2v) is 6.09. The van der Waals surface area contributed by atoms with Gasteiger partial charge in [0.1, 0.15) is 18.1 Å². The molecule has 124 valence electrons. The molecule has 2 aromatic carbocycles. The topological polar surface area (TPSA) is 27.7 Å². The normalized spacial score (nSPS) is 10.5. The Hall–Kier alpha value is -1.65. The summed E-state index contributed by atoms with van der Waals surface area (Å²) in [5, 5.41) is 0. The maximum absolute atomic E-state index is 5.62. The molecule has 0 spiro atoms. The van der Waals surface area contributed by atoms with Gasteiger partial charge in [-0.3, -0.25) is 0 Å². The van der Waals surface area contributed by atoms with Crippen LogP contribution in [0.5, 0.6) is 11.5 Å². The summed E-state index contributed by atoms with van der Waals surface area (Å²) < 4.78 is 16.5. The highest BCUT2D eigenvalue weighted by Crippen LogP contribution is 2.30. The molecule has 2 rings (SSSR count). The number of hydrogen-bond donors (Lipinski definition) is 0. The summed E-state index contributed by atoms with van der Waals surface area (Å²) in [5.74, 6) is 1.80. The summed E-state index contributed by atoms with van der Waals surface area (Å²) in [6.07, 6.45) is 1.02. The third-order valence-corrected chi connectivity index (χ3v) is 4.07. The predicted octanol–water partition coefficient (Wildman–Crippen LogP) is 5.04. The minimum absolute atomic E-state index is 0.583. The number of ether oxygens (including phenoxy) is 3. The van der Waals surface area contributed by atoms with Gasteiger partial charge in [0, 0.05) is 16.4 Å². The predicted molar refractivity (Wildman–Crippen MR) is 94.8 cm³/mol. The van der Waals surface area contributed by atoms with E-state index in [1.807, 2.05) is 31.2 Å². The molecular weight excluding hydrogens is 308 g/mol. The minimum Gasteiger partial charge on any atom is -0.494 e. The molecule has 23 heavy (non-hydrogen) atoms. The summed E-state index contributed by atoms with van der Waals surface area (Å²) in [7, 11) is 0. The average molecular weight is 332 g/mol. The van der Waals surface area contributed by atoms with Crippen molar-refractivity contribution in [3.05, 3.63) is 48.5 Å². The van der Waals surface area contributed by atoms with Crippen molar-refractivity contribution < 1.29 is 14.2 Å². The molecule has 2 aromatic rings. The third kappa shape index (κ3) is 6.55. The highest BCUT2D eigenvalue weighted by Gasteiger charge is 2.00. The molecule has 0 aliphatic heterocycles. The second kappa shape index (κ2) is 10.2. The van der Waals surface area contributed by atoms with E-state index in [0.717, 1.165) is 31.1 Å². The SMILES string of the molecule is CCCOc1ccc(Sc2ccc(OCCOCC)cc2)cc1. The zero-order valence-electron chi connectivity index (χ0n) is 13.8. The lowest BCUT2D eigenvalue weighted by Crippen LogP contribution is -2.06. The minimum atomic E-state index is 0.583. The number of hydrogen-bond acceptors (Lipinski definition) is 4. The lowest BCUT2D eigenvalue weighted by Gasteiger charge is -2.08. The fourth-order valence-electron chi connectivity index (χ4n) is 1.93. The molecule has 0 saturated heterocycles. The first-order valence-electron chi connectivity index (χ1n) is 8.03. The van der Waals surface area contributed by atoms with Crippen molar-refractivity contribution in [2.45, 2.75) is 30.1 Å². The van der Waals surface area contributed by atoms with Crippen LogP contribution in [-0.2, 0) is 4.74 Å². The number of benzene rings is 2. The fourth-order valence-corrected chi connectivity index (χ4v) is 2.74. The van der Waals surface area contributed by atoms with Crippen LogP contribution in [-0.4, -0.2) is 26.4 Å². The molecule has 0 amide bonds. The number of rotatable bonds is 10. The van der Waals surface area contributed by atoms with Crippen molar-refractivity contribution in [1.29, 1.82) is 0 Å². The van der Waals surface area contributed by atoms with Crippen LogP contribution in [0.1, 0.15) is 20.3 Å². The van der Waals surface area contributed by atoms with Gasteiger partial charge in [-0.15, -0.1) is 0 Å². The van der Waals surface area contributed by atoms with Crippen LogP contribution < -0.4 is 9.47 Å². The molecule has 0 fully saturated rings. The van der Waals surface area contributed by atoms with Crippen LogP contribution in [0.4, 0.5) is 0 Å². The second-order valence-electron chi connectivity index (χ2n) is 4.94. The van der Waals surface area contributed by atoms with Crippen LogP contribution in [0.15, 0.2) is 58.3 Å². The molecule has 0 aliphatic carbocycles. The Bertz CT molecular complexity index is 552. The summed E-state index contributed by atoms with van der Waals surface area (Å²) in [4.78, 5) is 2.38. The highest BCUT2D eigenvalue weighted by molar-refractivity contribution is 7.99. The first-order valence-corrected chi connectivity index (χ1v) is 8.84. The Morgan fingerprint density at radius 2 is 1.22 bits per heavy atom. The van der Waals surface area contributed by atoms with E-state index in [9.17, 15) is 0 Å². The molecule has 0 atom stereocenters. The molecule has 0 N–H and O–H groups in total. The summed E-state index contributed by atoms with van der Waals surface area (Å²) >= 11 is 1.73. The van der Waals surface area contributed by atoms with Gasteiger partial charge >= 0.3 is 0 Å². The van der Waals surface area contributed by atoms with Gasteiger partial charge in [-0.2, -0.15) is 0 Å². The largest absolute Gasteiger partial charge is 0.494 e. The summed E-state index contributed by atoms with van der Waals surface area (Å²) in [6, 6.07) is 16.3. The van der Waals surface area contributed by atoms with Crippen LogP contribution in [0.3, 0.4) is 0 Å². The Balaban J connectivity index is 1.83. The molecule has 0 aromatic heterocycles. The van der Waals surface area contributed by atoms with Crippen LogP contribution in [0.2, 0.25) is 0 Å². The lowest BCUT2D eigenvalue weighted by molar-refractivity contribution is 0.110. The van der Waals surface area contributed by atoms with E-state index in [-0.39, 0.29) is 0 Å². The van der Waals surface area contributed by atoms with Gasteiger partial charge in [0.2, 0.25) is 0 Å². The van der Waals surface area contributed by atoms with Gasteiger partial charge in [-0.25, -0.2) is 0 Å². The molecule has 0 radical (unpaired) electrons. The maximum atomic E-state index is 5.62. The maximum Gasteiger partial charge on any atom is 0.119 e. The molecule has 4 heteroatoms. The van der Waals surface area contributed by atoms with Gasteiger partial charge in [-0.1, -0.05) is 18.7 Å². The Morgan fingerprint density at radius 1 is 0.696 bits per heavy atom. The van der Waals surface area contributed by atoms with Crippen LogP contribution >= 0.6 is 11.8 Å². The first kappa shape index (κ1) is 17.7. The van der Waals surface area contributed by atoms with E-state index < -0.39 is 0 Å². The van der Waals surface area contributed by atoms with E-state index in [4.69, 9.17) is 14.2 Å². The average Bonchev–Trinajstić information content (AvgIpc) is 2.59. The smallest absolute Gasteiger partial charge is 0.119 e. The van der Waals surface area contributed by atoms with E-state index in [1.165, 1.54) is 9.79 Å². The van der Waals surface area contributed by atoms with E-state index in [1.54, 1.807) is 11.8 Å². The van der Waals surface area contributed by atoms with Crippen molar-refractivity contribution in [2.24, 2.45) is 0 Å². The lowest BCUT2D eigenvalue weighted by atomic mass is 10.3. The van der Waals surface area contributed by atoms with E-state index in [0.29, 0.717) is 13.2 Å². The quantitative estimate of drug-likeness (QED) is 0.570. The van der Waals surface area contributed by atoms with Gasteiger partial charge in [0.05, 0.1) is 13.2 Å². The van der Waals surface area contributed by atoms with Crippen molar-refractivity contribution in [2.75, 3.05) is 26.4 Å². The summed E-state index contributed by atoms with van der Waals surface area (Å²) in [5.41, 5.74) is 0. The van der Waals surface area contributed by atoms with Gasteiger partial charge in [-0.05, 0) is 61.9 Å². The molecule has 0 saturated carbocycles. The van der Waals surface area contributed by atoms with Crippen molar-refractivity contribution in [3.63, 3.8) is 0 Å². The van der Waals surface area contributed by atoms with Crippen molar-refractivity contribution in [3.8, 4) is 11.5 Å². The van der Waals surface area contributed by atoms with Gasteiger partial charge in [0.15, 0.2) is 0 Å². The molecule has 0 aliphatic rings. The third-order valence-electron chi connectivity index (χ3n) is 3.06. The molecule has 0 bridgehead atoms. The monoisotopic (exact) mass is 332 g/mol. The zero-order chi connectivity index (χ0) is 16.3. The standard InChI is InChI=1S/C19H24O3S/c1-3-13-21-16-5-9-18(10-6-16)23-19-11-7-17(8-12-19)22-15-14-20-4-2/h5-12H,3-4,13-15H2,1-2H3. The first-order chi connectivity index (χ1) is 11.3. The molecule has 0 heterocycles. The van der Waals surface area contributed by atoms with E-state index >= 15 is 0 Å². The van der Waals surface area contributed by atoms with E-state index in [2.05, 4.69) is 31.2 Å². The van der Waals surface area contributed by atoms with Gasteiger partial charge < -0.3 is 14.2 Å². The van der Waals surface area contributed by atoms with Crippen molar-refractivity contribution in [1.82, 2.24) is 0 Å². The van der Waals surface area contributed by atoms with Gasteiger partial charge in [0.25, 0.3) is 0 Å². The van der Waals surface area contributed by atoms with Crippen LogP contribution in [0, 0.1) is 0 Å². The molecular formula is C19H24O3S. The Labute approximate surface area is 143 Å². The molecule has 3 nitrogen and oxygen atoms in total. The Morgan fingerprint density at radius 3 is 1.70 bits per heavy atom. The fraction of sp³-hybridized carbons (Fsp3) is 0.368.